The number of rotatable bonds is 9. The molecule has 3 aromatic carbocycles. The van der Waals surface area contributed by atoms with Crippen molar-refractivity contribution in [3.05, 3.63) is 106 Å². The van der Waals surface area contributed by atoms with Crippen molar-refractivity contribution in [2.24, 2.45) is 0 Å². The van der Waals surface area contributed by atoms with Crippen LogP contribution < -0.4 is 0 Å². The molecule has 41 heavy (non-hydrogen) atoms. The van der Waals surface area contributed by atoms with E-state index in [2.05, 4.69) is 16.0 Å². The molecule has 2 atom stereocenters. The van der Waals surface area contributed by atoms with E-state index in [0.29, 0.717) is 33.1 Å². The molecule has 4 aromatic rings. The molecule has 0 bridgehead atoms. The van der Waals surface area contributed by atoms with E-state index in [-0.39, 0.29) is 11.8 Å². The number of benzene rings is 3. The van der Waals surface area contributed by atoms with Gasteiger partial charge in [-0.3, -0.25) is 9.00 Å². The molecule has 214 valence electrons. The number of likely N-dealkylation sites (tertiary alicyclic amines) is 1. The highest BCUT2D eigenvalue weighted by Crippen LogP contribution is 2.33. The van der Waals surface area contributed by atoms with Gasteiger partial charge < -0.3 is 9.80 Å². The highest BCUT2D eigenvalue weighted by atomic mass is 35.5. The number of pyridine rings is 1. The van der Waals surface area contributed by atoms with Gasteiger partial charge in [0.1, 0.15) is 5.03 Å². The third-order valence-electron chi connectivity index (χ3n) is 8.17. The van der Waals surface area contributed by atoms with Crippen LogP contribution in [0.5, 0.6) is 0 Å². The quantitative estimate of drug-likeness (QED) is 0.199. The first-order valence-corrected chi connectivity index (χ1v) is 16.3. The minimum atomic E-state index is -1.09. The Labute approximate surface area is 254 Å². The van der Waals surface area contributed by atoms with Gasteiger partial charge in [0.15, 0.2) is 0 Å². The molecule has 0 saturated carbocycles. The van der Waals surface area contributed by atoms with E-state index < -0.39 is 10.8 Å². The van der Waals surface area contributed by atoms with Gasteiger partial charge in [0.05, 0.1) is 20.8 Å². The molecule has 0 aliphatic carbocycles. The molecule has 0 radical (unpaired) electrons. The number of amides is 1. The molecule has 1 unspecified atom stereocenters. The summed E-state index contributed by atoms with van der Waals surface area (Å²) in [6, 6.07) is 23.7. The highest BCUT2D eigenvalue weighted by Gasteiger charge is 2.26. The van der Waals surface area contributed by atoms with Crippen LogP contribution in [0.1, 0.15) is 52.6 Å². The Hall–Kier alpha value is -2.77. The summed E-state index contributed by atoms with van der Waals surface area (Å²) in [7, 11) is 0.784. The first kappa shape index (κ1) is 29.7. The third kappa shape index (κ3) is 7.00. The van der Waals surface area contributed by atoms with Gasteiger partial charge in [-0.05, 0) is 91.0 Å². The number of nitrogens with zero attached hydrogens (tertiary/aromatic N) is 3. The summed E-state index contributed by atoms with van der Waals surface area (Å²) in [6.45, 7) is 3.41. The molecule has 1 fully saturated rings. The van der Waals surface area contributed by atoms with E-state index in [1.807, 2.05) is 78.7 Å². The molecule has 2 heterocycles. The van der Waals surface area contributed by atoms with Gasteiger partial charge in [0.2, 0.25) is 0 Å². The number of carbonyl (C=O) groups excluding carboxylic acids is 1. The summed E-state index contributed by atoms with van der Waals surface area (Å²) in [5.74, 6) is 0.473. The van der Waals surface area contributed by atoms with Crippen molar-refractivity contribution in [1.82, 2.24) is 14.8 Å². The smallest absolute Gasteiger partial charge is 0.254 e. The minimum absolute atomic E-state index is 0.00765. The van der Waals surface area contributed by atoms with Crippen LogP contribution >= 0.6 is 23.2 Å². The normalized spacial score (nSPS) is 16.0. The van der Waals surface area contributed by atoms with Crippen molar-refractivity contribution in [1.29, 1.82) is 0 Å². The SMILES string of the molecule is CN(C[C@@H](CCN1CCC(c2cccnc2S(C)=O)CC1)c1ccc(Cl)c(Cl)c1)C(=O)c1cccc2ccccc12. The molecular weight excluding hydrogens is 573 g/mol. The van der Waals surface area contributed by atoms with E-state index in [1.165, 1.54) is 0 Å². The summed E-state index contributed by atoms with van der Waals surface area (Å²) < 4.78 is 12.2. The Morgan fingerprint density at radius 3 is 2.54 bits per heavy atom. The van der Waals surface area contributed by atoms with E-state index in [0.717, 1.165) is 60.8 Å². The van der Waals surface area contributed by atoms with Crippen LogP contribution in [-0.4, -0.2) is 64.4 Å². The van der Waals surface area contributed by atoms with Crippen molar-refractivity contribution in [2.45, 2.75) is 36.1 Å². The molecule has 5 rings (SSSR count). The van der Waals surface area contributed by atoms with Crippen LogP contribution in [-0.2, 0) is 10.8 Å². The summed E-state index contributed by atoms with van der Waals surface area (Å²) in [4.78, 5) is 22.4. The van der Waals surface area contributed by atoms with Crippen LogP contribution in [0, 0.1) is 0 Å². The van der Waals surface area contributed by atoms with Crippen LogP contribution in [0.25, 0.3) is 10.8 Å². The number of halogens is 2. The molecular formula is C33H35Cl2N3O2S. The van der Waals surface area contributed by atoms with E-state index in [1.54, 1.807) is 12.5 Å². The number of hydrogen-bond acceptors (Lipinski definition) is 4. The maximum Gasteiger partial charge on any atom is 0.254 e. The second kappa shape index (κ2) is 13.5. The summed E-state index contributed by atoms with van der Waals surface area (Å²) in [6.07, 6.45) is 6.32. The monoisotopic (exact) mass is 607 g/mol. The number of piperidine rings is 1. The topological polar surface area (TPSA) is 53.5 Å². The van der Waals surface area contributed by atoms with E-state index >= 15 is 0 Å². The first-order valence-electron chi connectivity index (χ1n) is 14.0. The standard InChI is InChI=1S/C33H35Cl2N3O2S/c1-37(33(39)29-10-5-8-23-7-3-4-9-27(23)29)22-26(25-12-13-30(34)31(35)21-25)16-20-38-18-14-24(15-19-38)28-11-6-17-36-32(28)41(2)40/h3-13,17,21,24,26H,14-16,18-20,22H2,1-2H3/t26-,41?/m1/s1. The fourth-order valence-corrected chi connectivity index (χ4v) is 7.00. The van der Waals surface area contributed by atoms with Crippen LogP contribution in [0.3, 0.4) is 0 Å². The lowest BCUT2D eigenvalue weighted by molar-refractivity contribution is 0.0783. The molecule has 0 spiro atoms. The van der Waals surface area contributed by atoms with Crippen LogP contribution in [0.15, 0.2) is 84.0 Å². The number of likely N-dealkylation sites (N-methyl/N-ethyl adjacent to an activating group) is 1. The first-order chi connectivity index (χ1) is 19.8. The summed E-state index contributed by atoms with van der Waals surface area (Å²) >= 11 is 12.7. The molecule has 5 nitrogen and oxygen atoms in total. The number of fused-ring (bicyclic) bond motifs is 1. The minimum Gasteiger partial charge on any atom is -0.341 e. The second-order valence-electron chi connectivity index (χ2n) is 10.8. The van der Waals surface area contributed by atoms with Crippen molar-refractivity contribution < 1.29 is 9.00 Å². The predicted molar refractivity (Wildman–Crippen MR) is 170 cm³/mol. The predicted octanol–water partition coefficient (Wildman–Crippen LogP) is 7.40. The zero-order valence-corrected chi connectivity index (χ0v) is 25.8. The van der Waals surface area contributed by atoms with Crippen molar-refractivity contribution in [3.63, 3.8) is 0 Å². The molecule has 1 aromatic heterocycles. The molecule has 1 aliphatic rings. The highest BCUT2D eigenvalue weighted by molar-refractivity contribution is 7.84. The summed E-state index contributed by atoms with van der Waals surface area (Å²) in [5.41, 5.74) is 2.91. The van der Waals surface area contributed by atoms with Gasteiger partial charge in [0.25, 0.3) is 5.91 Å². The van der Waals surface area contributed by atoms with Gasteiger partial charge in [-0.25, -0.2) is 4.98 Å². The van der Waals surface area contributed by atoms with E-state index in [9.17, 15) is 9.00 Å². The lowest BCUT2D eigenvalue weighted by Crippen LogP contribution is -2.36. The van der Waals surface area contributed by atoms with Gasteiger partial charge in [-0.2, -0.15) is 0 Å². The Morgan fingerprint density at radius 1 is 1.02 bits per heavy atom. The fourth-order valence-electron chi connectivity index (χ4n) is 5.92. The molecule has 8 heteroatoms. The summed E-state index contributed by atoms with van der Waals surface area (Å²) in [5, 5.41) is 3.78. The second-order valence-corrected chi connectivity index (χ2v) is 12.9. The average molecular weight is 609 g/mol. The maximum absolute atomic E-state index is 13.6. The number of hydrogen-bond donors (Lipinski definition) is 0. The number of aromatic nitrogens is 1. The molecule has 1 saturated heterocycles. The van der Waals surface area contributed by atoms with E-state index in [4.69, 9.17) is 23.2 Å². The third-order valence-corrected chi connectivity index (χ3v) is 9.79. The van der Waals surface area contributed by atoms with Gasteiger partial charge >= 0.3 is 0 Å². The molecule has 0 N–H and O–H groups in total. The Balaban J connectivity index is 1.28. The van der Waals surface area contributed by atoms with Crippen molar-refractivity contribution in [3.8, 4) is 0 Å². The van der Waals surface area contributed by atoms with Gasteiger partial charge in [-0.15, -0.1) is 0 Å². The van der Waals surface area contributed by atoms with Gasteiger partial charge in [-0.1, -0.05) is 71.7 Å². The molecule has 1 aliphatic heterocycles. The zero-order valence-electron chi connectivity index (χ0n) is 23.4. The lowest BCUT2D eigenvalue weighted by atomic mass is 9.89. The molecule has 1 amide bonds. The Morgan fingerprint density at radius 2 is 1.78 bits per heavy atom. The Bertz CT molecular complexity index is 1550. The van der Waals surface area contributed by atoms with Gasteiger partial charge in [0, 0.05) is 37.5 Å². The van der Waals surface area contributed by atoms with Crippen molar-refractivity contribution >= 4 is 50.7 Å². The van der Waals surface area contributed by atoms with Crippen LogP contribution in [0.2, 0.25) is 10.0 Å². The van der Waals surface area contributed by atoms with Crippen LogP contribution in [0.4, 0.5) is 0 Å². The zero-order chi connectivity index (χ0) is 28.9. The van der Waals surface area contributed by atoms with Crippen molar-refractivity contribution in [2.75, 3.05) is 39.5 Å². The number of carbonyl (C=O) groups is 1. The Kier molecular flexibility index (Phi) is 9.76. The lowest BCUT2D eigenvalue weighted by Gasteiger charge is -2.34. The average Bonchev–Trinajstić information content (AvgIpc) is 3.00. The fraction of sp³-hybridized carbons (Fsp3) is 0.333. The largest absolute Gasteiger partial charge is 0.341 e. The maximum atomic E-state index is 13.6.